The Labute approximate surface area is 154 Å². The van der Waals surface area contributed by atoms with E-state index >= 15 is 0 Å². The monoisotopic (exact) mass is 360 g/mol. The third-order valence-corrected chi connectivity index (χ3v) is 4.60. The molecule has 1 N–H and O–H groups in total. The number of ether oxygens (including phenoxy) is 1. The SMILES string of the molecule is COC(=O)c1cccc(C=C(CNC(C)=O)B2OC(C)(C)C(C)(C)O2)n1. The summed E-state index contributed by atoms with van der Waals surface area (Å²) >= 11 is 0. The maximum atomic E-state index is 11.7. The second kappa shape index (κ2) is 7.59. The van der Waals surface area contributed by atoms with Gasteiger partial charge >= 0.3 is 13.1 Å². The van der Waals surface area contributed by atoms with Crippen LogP contribution in [-0.4, -0.2) is 48.8 Å². The fourth-order valence-electron chi connectivity index (χ4n) is 2.36. The normalized spacial score (nSPS) is 18.5. The van der Waals surface area contributed by atoms with E-state index in [-0.39, 0.29) is 18.1 Å². The minimum absolute atomic E-state index is 0.163. The van der Waals surface area contributed by atoms with Crippen LogP contribution in [0.15, 0.2) is 23.7 Å². The van der Waals surface area contributed by atoms with Gasteiger partial charge in [-0.3, -0.25) is 4.79 Å². The van der Waals surface area contributed by atoms with Gasteiger partial charge in [-0.15, -0.1) is 0 Å². The van der Waals surface area contributed by atoms with E-state index in [1.165, 1.54) is 14.0 Å². The molecule has 1 fully saturated rings. The highest BCUT2D eigenvalue weighted by Gasteiger charge is 2.52. The van der Waals surface area contributed by atoms with Crippen molar-refractivity contribution in [1.29, 1.82) is 0 Å². The van der Waals surface area contributed by atoms with E-state index in [1.54, 1.807) is 24.3 Å². The van der Waals surface area contributed by atoms with Crippen molar-refractivity contribution in [1.82, 2.24) is 10.3 Å². The number of pyridine rings is 1. The molecule has 1 aliphatic heterocycles. The highest BCUT2D eigenvalue weighted by molar-refractivity contribution is 6.56. The van der Waals surface area contributed by atoms with Crippen LogP contribution in [0, 0.1) is 0 Å². The Bertz CT molecular complexity index is 714. The van der Waals surface area contributed by atoms with E-state index in [9.17, 15) is 9.59 Å². The first-order valence-electron chi connectivity index (χ1n) is 8.41. The molecule has 0 saturated carbocycles. The number of esters is 1. The first-order valence-corrected chi connectivity index (χ1v) is 8.41. The van der Waals surface area contributed by atoms with Gasteiger partial charge in [0.2, 0.25) is 5.91 Å². The average Bonchev–Trinajstić information content (AvgIpc) is 2.78. The number of rotatable bonds is 5. The number of hydrogen-bond donors (Lipinski definition) is 1. The molecular formula is C18H25BN2O5. The minimum atomic E-state index is -0.629. The van der Waals surface area contributed by atoms with Crippen LogP contribution in [0.2, 0.25) is 0 Å². The van der Waals surface area contributed by atoms with Gasteiger partial charge in [0.15, 0.2) is 0 Å². The molecule has 0 bridgehead atoms. The largest absolute Gasteiger partial charge is 0.492 e. The zero-order valence-electron chi connectivity index (χ0n) is 16.1. The van der Waals surface area contributed by atoms with Gasteiger partial charge < -0.3 is 19.4 Å². The van der Waals surface area contributed by atoms with Gasteiger partial charge in [0, 0.05) is 13.5 Å². The van der Waals surface area contributed by atoms with Crippen LogP contribution >= 0.6 is 0 Å². The first kappa shape index (κ1) is 20.1. The molecule has 140 valence electrons. The van der Waals surface area contributed by atoms with E-state index in [0.29, 0.717) is 11.2 Å². The lowest BCUT2D eigenvalue weighted by Crippen LogP contribution is -2.41. The molecule has 1 saturated heterocycles. The van der Waals surface area contributed by atoms with Gasteiger partial charge in [0.25, 0.3) is 0 Å². The van der Waals surface area contributed by atoms with Gasteiger partial charge in [0.05, 0.1) is 24.0 Å². The first-order chi connectivity index (χ1) is 12.1. The van der Waals surface area contributed by atoms with Crippen molar-refractivity contribution >= 4 is 25.1 Å². The van der Waals surface area contributed by atoms with E-state index in [0.717, 1.165) is 0 Å². The maximum absolute atomic E-state index is 11.7. The van der Waals surface area contributed by atoms with Crippen molar-refractivity contribution in [2.45, 2.75) is 45.8 Å². The van der Waals surface area contributed by atoms with Gasteiger partial charge in [-0.25, -0.2) is 9.78 Å². The van der Waals surface area contributed by atoms with Crippen molar-refractivity contribution in [3.05, 3.63) is 35.1 Å². The minimum Gasteiger partial charge on any atom is -0.464 e. The number of aromatic nitrogens is 1. The summed E-state index contributed by atoms with van der Waals surface area (Å²) in [7, 11) is 0.675. The lowest BCUT2D eigenvalue weighted by Gasteiger charge is -2.32. The maximum Gasteiger partial charge on any atom is 0.492 e. The molecule has 0 unspecified atom stereocenters. The van der Waals surface area contributed by atoms with Crippen molar-refractivity contribution < 1.29 is 23.6 Å². The van der Waals surface area contributed by atoms with Crippen LogP contribution in [0.5, 0.6) is 0 Å². The highest BCUT2D eigenvalue weighted by Crippen LogP contribution is 2.38. The average molecular weight is 360 g/mol. The molecule has 2 heterocycles. The molecule has 8 heteroatoms. The van der Waals surface area contributed by atoms with Gasteiger partial charge in [-0.2, -0.15) is 0 Å². The molecule has 1 aromatic heterocycles. The molecule has 2 rings (SSSR count). The van der Waals surface area contributed by atoms with Gasteiger partial charge in [-0.1, -0.05) is 6.07 Å². The number of nitrogens with zero attached hydrogens (tertiary/aromatic N) is 1. The summed E-state index contributed by atoms with van der Waals surface area (Å²) in [6, 6.07) is 5.04. The fourth-order valence-corrected chi connectivity index (χ4v) is 2.36. The lowest BCUT2D eigenvalue weighted by atomic mass is 9.77. The molecule has 0 aromatic carbocycles. The van der Waals surface area contributed by atoms with Crippen molar-refractivity contribution in [3.8, 4) is 0 Å². The summed E-state index contributed by atoms with van der Waals surface area (Å²) in [6.07, 6.45) is 1.75. The molecule has 0 radical (unpaired) electrons. The zero-order valence-corrected chi connectivity index (χ0v) is 16.1. The summed E-state index contributed by atoms with van der Waals surface area (Å²) in [6.45, 7) is 9.52. The lowest BCUT2D eigenvalue weighted by molar-refractivity contribution is -0.118. The van der Waals surface area contributed by atoms with Crippen LogP contribution in [0.4, 0.5) is 0 Å². The topological polar surface area (TPSA) is 86.8 Å². The van der Waals surface area contributed by atoms with E-state index in [4.69, 9.17) is 14.0 Å². The molecule has 0 spiro atoms. The highest BCUT2D eigenvalue weighted by atomic mass is 16.7. The smallest absolute Gasteiger partial charge is 0.464 e. The van der Waals surface area contributed by atoms with E-state index < -0.39 is 24.3 Å². The number of methoxy groups -OCH3 is 1. The predicted molar refractivity (Wildman–Crippen MR) is 98.3 cm³/mol. The Morgan fingerprint density at radius 3 is 2.38 bits per heavy atom. The second-order valence-corrected chi connectivity index (χ2v) is 7.16. The van der Waals surface area contributed by atoms with Crippen molar-refractivity contribution in [2.75, 3.05) is 13.7 Å². The number of carbonyl (C=O) groups excluding carboxylic acids is 2. The summed E-state index contributed by atoms with van der Waals surface area (Å²) in [5.41, 5.74) is 0.438. The molecule has 26 heavy (non-hydrogen) atoms. The molecule has 1 aromatic rings. The molecule has 0 atom stereocenters. The van der Waals surface area contributed by atoms with Crippen LogP contribution in [0.1, 0.15) is 50.8 Å². The third-order valence-electron chi connectivity index (χ3n) is 4.60. The van der Waals surface area contributed by atoms with Gasteiger partial charge in [0.1, 0.15) is 5.69 Å². The molecule has 7 nitrogen and oxygen atoms in total. The predicted octanol–water partition coefficient (Wildman–Crippen LogP) is 2.02. The number of nitrogens with one attached hydrogen (secondary N) is 1. The molecule has 1 amide bonds. The molecular weight excluding hydrogens is 335 g/mol. The standard InChI is InChI=1S/C18H25BN2O5/c1-12(22)20-11-13(19-25-17(2,3)18(4,5)26-19)10-14-8-7-9-15(21-14)16(23)24-6/h7-10H,11H2,1-6H3,(H,20,22). The van der Waals surface area contributed by atoms with Crippen LogP contribution in [-0.2, 0) is 18.8 Å². The summed E-state index contributed by atoms with van der Waals surface area (Å²) in [5, 5.41) is 2.76. The second-order valence-electron chi connectivity index (χ2n) is 7.16. The summed E-state index contributed by atoms with van der Waals surface area (Å²) in [4.78, 5) is 27.3. The van der Waals surface area contributed by atoms with Crippen LogP contribution < -0.4 is 5.32 Å². The Kier molecular flexibility index (Phi) is 5.88. The molecule has 0 aliphatic carbocycles. The van der Waals surface area contributed by atoms with E-state index in [1.807, 2.05) is 27.7 Å². The molecule has 1 aliphatic rings. The fraction of sp³-hybridized carbons (Fsp3) is 0.500. The third kappa shape index (κ3) is 4.50. The Hall–Kier alpha value is -2.19. The number of amides is 1. The Morgan fingerprint density at radius 1 is 1.23 bits per heavy atom. The van der Waals surface area contributed by atoms with Crippen molar-refractivity contribution in [3.63, 3.8) is 0 Å². The van der Waals surface area contributed by atoms with E-state index in [2.05, 4.69) is 10.3 Å². The Morgan fingerprint density at radius 2 is 1.85 bits per heavy atom. The van der Waals surface area contributed by atoms with Crippen LogP contribution in [0.25, 0.3) is 6.08 Å². The quantitative estimate of drug-likeness (QED) is 0.639. The van der Waals surface area contributed by atoms with Gasteiger partial charge in [-0.05, 0) is 51.4 Å². The number of carbonyl (C=O) groups is 2. The Balaban J connectivity index is 2.35. The summed E-state index contributed by atoms with van der Waals surface area (Å²) < 4.78 is 16.8. The van der Waals surface area contributed by atoms with Crippen molar-refractivity contribution in [2.24, 2.45) is 0 Å². The number of hydrogen-bond acceptors (Lipinski definition) is 6. The summed E-state index contributed by atoms with van der Waals surface area (Å²) in [5.74, 6) is -0.678. The zero-order chi connectivity index (χ0) is 19.5. The van der Waals surface area contributed by atoms with Crippen LogP contribution in [0.3, 0.4) is 0 Å².